The Morgan fingerprint density at radius 1 is 0.564 bits per heavy atom. The van der Waals surface area contributed by atoms with E-state index in [0.717, 1.165) is 58.5 Å². The van der Waals surface area contributed by atoms with E-state index in [1.54, 1.807) is 21.3 Å². The standard InChI is InChI=1S/C36H83N5O12Si2/c1-8-10-13-33(9-2)29-53-32-36(44)28-41(20-18-37-14-16-39-26-34(42)30-51-22-11-24-54(45,46-3)47-4)21-19-38-15-17-40-27-35(43)31-52-23-12-25-55(48-5,49-6)50-7/h33-40,42-45H,8-32H2,1-7H3. The second kappa shape index (κ2) is 36.8. The lowest BCUT2D eigenvalue weighted by Crippen LogP contribution is -2.44. The first-order chi connectivity index (χ1) is 26.6. The first kappa shape index (κ1) is 54.8. The predicted molar refractivity (Wildman–Crippen MR) is 219 cm³/mol. The van der Waals surface area contributed by atoms with E-state index in [4.69, 9.17) is 36.3 Å². The molecule has 0 aliphatic heterocycles. The van der Waals surface area contributed by atoms with Crippen molar-refractivity contribution in [2.45, 2.75) is 82.8 Å². The van der Waals surface area contributed by atoms with Crippen LogP contribution in [0.1, 0.15) is 52.4 Å². The molecule has 0 amide bonds. The Labute approximate surface area is 335 Å². The van der Waals surface area contributed by atoms with E-state index in [1.807, 2.05) is 0 Å². The van der Waals surface area contributed by atoms with Crippen LogP contribution in [0.5, 0.6) is 0 Å². The third-order valence-electron chi connectivity index (χ3n) is 9.35. The minimum absolute atomic E-state index is 0.212. The van der Waals surface area contributed by atoms with Gasteiger partial charge in [0.25, 0.3) is 0 Å². The lowest BCUT2D eigenvalue weighted by molar-refractivity contribution is 0.00323. The second-order valence-electron chi connectivity index (χ2n) is 13.9. The van der Waals surface area contributed by atoms with Gasteiger partial charge in [0.1, 0.15) is 0 Å². The quantitative estimate of drug-likeness (QED) is 0.0298. The smallest absolute Gasteiger partial charge is 0.390 e. The number of hydrogen-bond acceptors (Lipinski definition) is 17. The van der Waals surface area contributed by atoms with Crippen LogP contribution in [0, 0.1) is 5.92 Å². The summed E-state index contributed by atoms with van der Waals surface area (Å²) in [5, 5.41) is 44.7. The minimum Gasteiger partial charge on any atom is -0.390 e. The molecule has 0 rings (SSSR count). The lowest BCUT2D eigenvalue weighted by atomic mass is 10.0. The summed E-state index contributed by atoms with van der Waals surface area (Å²) in [5.41, 5.74) is 0. The van der Waals surface area contributed by atoms with Crippen LogP contribution in [0.15, 0.2) is 0 Å². The highest BCUT2D eigenvalue weighted by molar-refractivity contribution is 6.60. The van der Waals surface area contributed by atoms with Crippen LogP contribution in [0.25, 0.3) is 0 Å². The maximum atomic E-state index is 10.8. The molecule has 4 unspecified atom stereocenters. The van der Waals surface area contributed by atoms with Crippen LogP contribution in [-0.4, -0.2) is 208 Å². The van der Waals surface area contributed by atoms with Gasteiger partial charge in [-0.1, -0.05) is 33.1 Å². The molecule has 0 aliphatic rings. The summed E-state index contributed by atoms with van der Waals surface area (Å²) >= 11 is 0. The maximum absolute atomic E-state index is 10.8. The number of unbranched alkanes of at least 4 members (excludes halogenated alkanes) is 1. The first-order valence-corrected chi connectivity index (χ1v) is 24.3. The third-order valence-corrected chi connectivity index (χ3v) is 14.4. The summed E-state index contributed by atoms with van der Waals surface area (Å²) in [6.45, 7) is 14.1. The molecule has 0 aromatic heterocycles. The van der Waals surface area contributed by atoms with Gasteiger partial charge in [0, 0.05) is 139 Å². The van der Waals surface area contributed by atoms with Gasteiger partial charge in [-0.05, 0) is 25.2 Å². The van der Waals surface area contributed by atoms with Gasteiger partial charge in [0.05, 0.1) is 38.1 Å². The molecule has 0 spiro atoms. The summed E-state index contributed by atoms with van der Waals surface area (Å²) in [7, 11) is 1.99. The number of rotatable bonds is 43. The normalized spacial score (nSPS) is 14.8. The Morgan fingerprint density at radius 3 is 1.53 bits per heavy atom. The number of aliphatic hydroxyl groups excluding tert-OH is 3. The molecule has 8 N–H and O–H groups in total. The van der Waals surface area contributed by atoms with Crippen molar-refractivity contribution in [3.05, 3.63) is 0 Å². The van der Waals surface area contributed by atoms with Crippen molar-refractivity contribution >= 4 is 17.6 Å². The Morgan fingerprint density at radius 2 is 1.05 bits per heavy atom. The molecule has 4 atom stereocenters. The molecule has 0 heterocycles. The molecule has 17 nitrogen and oxygen atoms in total. The number of nitrogens with zero attached hydrogens (tertiary/aromatic N) is 1. The molecule has 0 aromatic rings. The molecular weight excluding hydrogens is 751 g/mol. The fraction of sp³-hybridized carbons (Fsp3) is 1.00. The van der Waals surface area contributed by atoms with E-state index in [9.17, 15) is 20.1 Å². The largest absolute Gasteiger partial charge is 0.500 e. The average Bonchev–Trinajstić information content (AvgIpc) is 3.19. The molecule has 0 bridgehead atoms. The van der Waals surface area contributed by atoms with Crippen LogP contribution in [0.4, 0.5) is 0 Å². The molecule has 332 valence electrons. The molecule has 0 saturated heterocycles. The number of ether oxygens (including phenoxy) is 3. The van der Waals surface area contributed by atoms with Gasteiger partial charge in [-0.3, -0.25) is 4.90 Å². The van der Waals surface area contributed by atoms with E-state index < -0.39 is 35.9 Å². The zero-order valence-electron chi connectivity index (χ0n) is 35.5. The zero-order valence-corrected chi connectivity index (χ0v) is 37.5. The van der Waals surface area contributed by atoms with Gasteiger partial charge in [0.15, 0.2) is 0 Å². The summed E-state index contributed by atoms with van der Waals surface area (Å²) in [4.78, 5) is 12.3. The van der Waals surface area contributed by atoms with Gasteiger partial charge in [-0.25, -0.2) is 0 Å². The monoisotopic (exact) mass is 834 g/mol. The van der Waals surface area contributed by atoms with Crippen molar-refractivity contribution in [3.63, 3.8) is 0 Å². The van der Waals surface area contributed by atoms with E-state index in [1.165, 1.54) is 27.1 Å². The summed E-state index contributed by atoms with van der Waals surface area (Å²) in [5.74, 6) is 0.535. The zero-order chi connectivity index (χ0) is 41.0. The maximum Gasteiger partial charge on any atom is 0.500 e. The first-order valence-electron chi connectivity index (χ1n) is 20.4. The Bertz CT molecular complexity index is 823. The highest BCUT2D eigenvalue weighted by Gasteiger charge is 2.37. The number of hydrogen-bond donors (Lipinski definition) is 8. The van der Waals surface area contributed by atoms with Gasteiger partial charge >= 0.3 is 17.6 Å². The van der Waals surface area contributed by atoms with Crippen LogP contribution in [0.3, 0.4) is 0 Å². The van der Waals surface area contributed by atoms with Gasteiger partial charge in [0.2, 0.25) is 0 Å². The van der Waals surface area contributed by atoms with Gasteiger partial charge in [-0.15, -0.1) is 0 Å². The van der Waals surface area contributed by atoms with Crippen LogP contribution < -0.4 is 21.3 Å². The SMILES string of the molecule is CCCCC(CC)COCC(O)CN(CCNCCNCC(O)COCCC[Si](O)(OC)OC)CCNCCNCC(O)COCCC[Si](OC)(OC)OC. The lowest BCUT2D eigenvalue weighted by Gasteiger charge is -2.26. The molecule has 0 fully saturated rings. The van der Waals surface area contributed by atoms with Gasteiger partial charge < -0.3 is 77.7 Å². The minimum atomic E-state index is -3.07. The van der Waals surface area contributed by atoms with E-state index in [2.05, 4.69) is 40.0 Å². The molecule has 55 heavy (non-hydrogen) atoms. The fourth-order valence-corrected chi connectivity index (χ4v) is 8.57. The second-order valence-corrected chi connectivity index (χ2v) is 19.7. The third kappa shape index (κ3) is 30.5. The molecule has 0 saturated carbocycles. The van der Waals surface area contributed by atoms with Crippen molar-refractivity contribution < 1.29 is 56.5 Å². The average molecular weight is 834 g/mol. The van der Waals surface area contributed by atoms with Crippen molar-refractivity contribution in [2.24, 2.45) is 5.92 Å². The molecule has 0 aliphatic carbocycles. The number of nitrogens with one attached hydrogen (secondary N) is 4. The van der Waals surface area contributed by atoms with E-state index >= 15 is 0 Å². The van der Waals surface area contributed by atoms with Crippen molar-refractivity contribution in [3.8, 4) is 0 Å². The fourth-order valence-electron chi connectivity index (χ4n) is 5.72. The predicted octanol–water partition coefficient (Wildman–Crippen LogP) is -0.122. The molecule has 19 heteroatoms. The molecule has 0 radical (unpaired) electrons. The Hall–Kier alpha value is -0.246. The molecular formula is C36H83N5O12Si2. The summed E-state index contributed by atoms with van der Waals surface area (Å²) in [6, 6.07) is 1.06. The molecule has 0 aromatic carbocycles. The Kier molecular flexibility index (Phi) is 36.6. The summed E-state index contributed by atoms with van der Waals surface area (Å²) < 4.78 is 43.4. The number of aliphatic hydroxyl groups is 3. The topological polar surface area (TPSA) is 206 Å². The van der Waals surface area contributed by atoms with Gasteiger partial charge in [-0.2, -0.15) is 0 Å². The van der Waals surface area contributed by atoms with Crippen LogP contribution in [-0.2, 0) is 36.3 Å². The van der Waals surface area contributed by atoms with E-state index in [-0.39, 0.29) is 13.2 Å². The van der Waals surface area contributed by atoms with Crippen LogP contribution in [0.2, 0.25) is 12.1 Å². The van der Waals surface area contributed by atoms with Crippen molar-refractivity contribution in [2.75, 3.05) is 147 Å². The van der Waals surface area contributed by atoms with Crippen molar-refractivity contribution in [1.29, 1.82) is 0 Å². The highest BCUT2D eigenvalue weighted by atomic mass is 28.4. The van der Waals surface area contributed by atoms with E-state index in [0.29, 0.717) is 83.6 Å². The van der Waals surface area contributed by atoms with Crippen molar-refractivity contribution in [1.82, 2.24) is 26.2 Å². The summed E-state index contributed by atoms with van der Waals surface area (Å²) in [6.07, 6.45) is 4.15. The van der Waals surface area contributed by atoms with Crippen LogP contribution >= 0.6 is 0 Å². The Balaban J connectivity index is 4.39. The highest BCUT2D eigenvalue weighted by Crippen LogP contribution is 2.15.